The first-order valence-electron chi connectivity index (χ1n) is 11.5. The van der Waals surface area contributed by atoms with E-state index >= 15 is 0 Å². The second-order valence-corrected chi connectivity index (χ2v) is 10.5. The van der Waals surface area contributed by atoms with Crippen LogP contribution in [0.15, 0.2) is 65.9 Å². The predicted molar refractivity (Wildman–Crippen MR) is 150 cm³/mol. The molecule has 1 saturated heterocycles. The van der Waals surface area contributed by atoms with Gasteiger partial charge in [0.25, 0.3) is 5.91 Å². The Hall–Kier alpha value is -2.85. The fraction of sp³-hybridized carbons (Fsp3) is 0.269. The van der Waals surface area contributed by atoms with Gasteiger partial charge in [0.1, 0.15) is 29.5 Å². The molecule has 2 amide bonds. The van der Waals surface area contributed by atoms with E-state index in [9.17, 15) is 14.4 Å². The minimum absolute atomic E-state index is 0.0244. The maximum atomic E-state index is 13.2. The Bertz CT molecular complexity index is 1290. The van der Waals surface area contributed by atoms with E-state index in [1.54, 1.807) is 61.7 Å². The van der Waals surface area contributed by atoms with E-state index < -0.39 is 29.2 Å². The Kier molecular flexibility index (Phi) is 9.49. The first-order valence-corrected chi connectivity index (χ1v) is 13.8. The zero-order valence-electron chi connectivity index (χ0n) is 20.2. The molecule has 0 bridgehead atoms. The number of allylic oxidation sites excluding steroid dienone is 2. The second kappa shape index (κ2) is 12.8. The number of carbonyl (C=O) groups excluding carboxylic acids is 3. The van der Waals surface area contributed by atoms with Crippen LogP contribution in [0.2, 0.25) is 10.0 Å². The van der Waals surface area contributed by atoms with Gasteiger partial charge in [-0.1, -0.05) is 47.5 Å². The van der Waals surface area contributed by atoms with E-state index in [2.05, 4.69) is 10.6 Å². The third-order valence-corrected chi connectivity index (χ3v) is 7.86. The topological polar surface area (TPSA) is 97.0 Å². The number of halogens is 3. The number of nitrogens with one attached hydrogen (secondary N) is 2. The van der Waals surface area contributed by atoms with Gasteiger partial charge in [-0.3, -0.25) is 14.5 Å². The normalized spacial score (nSPS) is 18.6. The van der Waals surface area contributed by atoms with Crippen molar-refractivity contribution in [3.63, 3.8) is 0 Å². The molecule has 1 fully saturated rings. The lowest BCUT2D eigenvalue weighted by Gasteiger charge is -2.49. The van der Waals surface area contributed by atoms with Crippen molar-refractivity contribution in [2.75, 3.05) is 30.6 Å². The number of anilines is 1. The summed E-state index contributed by atoms with van der Waals surface area (Å²) in [5, 5.41) is 6.10. The van der Waals surface area contributed by atoms with Crippen LogP contribution in [0, 0.1) is 0 Å². The number of amides is 2. The van der Waals surface area contributed by atoms with Crippen LogP contribution in [-0.2, 0) is 25.7 Å². The molecule has 0 saturated carbocycles. The number of carbonyl (C=O) groups is 3. The molecule has 2 aromatic carbocycles. The first kappa shape index (κ1) is 28.2. The lowest BCUT2D eigenvalue weighted by atomic mass is 10.0. The number of β-lactam (4-membered cyclic amide) rings is 1. The molecule has 2 aliphatic rings. The molecule has 0 unspecified atom stereocenters. The monoisotopic (exact) mass is 595 g/mol. The van der Waals surface area contributed by atoms with Crippen LogP contribution in [0.25, 0.3) is 0 Å². The van der Waals surface area contributed by atoms with Crippen molar-refractivity contribution in [3.05, 3.63) is 81.5 Å². The molecule has 2 atom stereocenters. The molecule has 2 heterocycles. The maximum absolute atomic E-state index is 13.2. The molecule has 0 aliphatic carbocycles. The summed E-state index contributed by atoms with van der Waals surface area (Å²) in [7, 11) is 1.57. The van der Waals surface area contributed by atoms with E-state index in [0.717, 1.165) is 5.56 Å². The highest BCUT2D eigenvalue weighted by atomic mass is 35.5. The lowest BCUT2D eigenvalue weighted by molar-refractivity contribution is -0.153. The fourth-order valence-corrected chi connectivity index (χ4v) is 5.68. The van der Waals surface area contributed by atoms with Gasteiger partial charge in [0.05, 0.1) is 24.4 Å². The summed E-state index contributed by atoms with van der Waals surface area (Å²) in [6.45, 7) is -0.0892. The van der Waals surface area contributed by atoms with Crippen molar-refractivity contribution < 1.29 is 23.9 Å². The molecule has 0 radical (unpaired) electrons. The highest BCUT2D eigenvalue weighted by Crippen LogP contribution is 2.41. The smallest absolute Gasteiger partial charge is 0.355 e. The zero-order chi connectivity index (χ0) is 27.2. The number of hydrogen-bond acceptors (Lipinski definition) is 7. The Morgan fingerprint density at radius 1 is 1.18 bits per heavy atom. The van der Waals surface area contributed by atoms with Gasteiger partial charge in [0, 0.05) is 16.7 Å². The fourth-order valence-electron chi connectivity index (χ4n) is 3.92. The van der Waals surface area contributed by atoms with Crippen LogP contribution in [0.3, 0.4) is 0 Å². The van der Waals surface area contributed by atoms with Crippen LogP contribution in [0.1, 0.15) is 5.56 Å². The first-order chi connectivity index (χ1) is 18.3. The Labute approximate surface area is 239 Å². The summed E-state index contributed by atoms with van der Waals surface area (Å²) in [6.07, 6.45) is 3.42. The molecule has 2 aromatic rings. The van der Waals surface area contributed by atoms with Gasteiger partial charge in [-0.25, -0.2) is 4.79 Å². The van der Waals surface area contributed by atoms with Gasteiger partial charge < -0.3 is 20.1 Å². The van der Waals surface area contributed by atoms with Crippen molar-refractivity contribution in [2.24, 2.45) is 0 Å². The summed E-state index contributed by atoms with van der Waals surface area (Å²) < 4.78 is 10.7. The summed E-state index contributed by atoms with van der Waals surface area (Å²) in [5.41, 5.74) is 2.06. The molecule has 200 valence electrons. The molecule has 8 nitrogen and oxygen atoms in total. The number of benzene rings is 2. The number of methoxy groups -OCH3 is 1. The molecule has 2 N–H and O–H groups in total. The summed E-state index contributed by atoms with van der Waals surface area (Å²) in [6, 6.07) is 11.2. The number of fused-ring (bicyclic) bond motifs is 1. The number of rotatable bonds is 10. The van der Waals surface area contributed by atoms with E-state index in [1.165, 1.54) is 16.7 Å². The van der Waals surface area contributed by atoms with E-state index in [0.29, 0.717) is 32.8 Å². The van der Waals surface area contributed by atoms with Crippen LogP contribution in [0.5, 0.6) is 5.75 Å². The molecular weight excluding hydrogens is 573 g/mol. The number of thioether (sulfide) groups is 1. The highest BCUT2D eigenvalue weighted by Gasteiger charge is 2.54. The van der Waals surface area contributed by atoms with Gasteiger partial charge in [0.15, 0.2) is 0 Å². The van der Waals surface area contributed by atoms with Crippen molar-refractivity contribution in [3.8, 4) is 5.75 Å². The van der Waals surface area contributed by atoms with Crippen molar-refractivity contribution in [1.82, 2.24) is 10.2 Å². The van der Waals surface area contributed by atoms with E-state index in [-0.39, 0.29) is 24.7 Å². The van der Waals surface area contributed by atoms with Crippen molar-refractivity contribution in [2.45, 2.75) is 18.0 Å². The maximum Gasteiger partial charge on any atom is 0.355 e. The third-order valence-electron chi connectivity index (χ3n) is 5.81. The number of ether oxygens (including phenoxy) is 2. The number of esters is 1. The minimum atomic E-state index is -0.785. The number of alkyl halides is 1. The third kappa shape index (κ3) is 6.40. The standard InChI is InChI=1S/C26H24Cl3N3O5S/c1-36-18-7-4-15(5-8-18)13-37-26(35)23-16(3-2-10-27)14-38-25-22(24(34)32(23)25)31-21(33)12-30-20-11-17(28)6-9-19(20)29/h2-9,11,22,25,30H,10,12-14H2,1H3,(H,31,33)/b3-2+/t22-,25-/m1/s1. The van der Waals surface area contributed by atoms with Crippen molar-refractivity contribution in [1.29, 1.82) is 0 Å². The Morgan fingerprint density at radius 3 is 2.66 bits per heavy atom. The van der Waals surface area contributed by atoms with Gasteiger partial charge in [-0.15, -0.1) is 23.4 Å². The van der Waals surface area contributed by atoms with E-state index in [4.69, 9.17) is 44.3 Å². The summed E-state index contributed by atoms with van der Waals surface area (Å²) in [5.74, 6) is -0.0477. The van der Waals surface area contributed by atoms with Crippen molar-refractivity contribution >= 4 is 70.0 Å². The molecule has 2 aliphatic heterocycles. The minimum Gasteiger partial charge on any atom is -0.497 e. The second-order valence-electron chi connectivity index (χ2n) is 8.29. The van der Waals surface area contributed by atoms with Crippen LogP contribution in [0.4, 0.5) is 5.69 Å². The lowest BCUT2D eigenvalue weighted by Crippen LogP contribution is -2.70. The SMILES string of the molecule is COc1ccc(COC(=O)C2=C(/C=C/CCl)CS[C@@H]3[C@H](NC(=O)CNc4cc(Cl)ccc4Cl)C(=O)N23)cc1. The van der Waals surface area contributed by atoms with Crippen LogP contribution in [-0.4, -0.2) is 59.4 Å². The average molecular weight is 597 g/mol. The van der Waals surface area contributed by atoms with Crippen LogP contribution < -0.4 is 15.4 Å². The Balaban J connectivity index is 1.42. The van der Waals surface area contributed by atoms with Gasteiger partial charge in [-0.05, 0) is 41.5 Å². The Morgan fingerprint density at radius 2 is 1.95 bits per heavy atom. The quantitative estimate of drug-likeness (QED) is 0.235. The number of nitrogens with zero attached hydrogens (tertiary/aromatic N) is 1. The largest absolute Gasteiger partial charge is 0.497 e. The molecule has 12 heteroatoms. The summed E-state index contributed by atoms with van der Waals surface area (Å²) in [4.78, 5) is 40.2. The predicted octanol–water partition coefficient (Wildman–Crippen LogP) is 4.61. The summed E-state index contributed by atoms with van der Waals surface area (Å²) >= 11 is 19.4. The van der Waals surface area contributed by atoms with Gasteiger partial charge >= 0.3 is 5.97 Å². The molecule has 38 heavy (non-hydrogen) atoms. The highest BCUT2D eigenvalue weighted by molar-refractivity contribution is 8.00. The van der Waals surface area contributed by atoms with E-state index in [1.807, 2.05) is 0 Å². The molecule has 0 spiro atoms. The van der Waals surface area contributed by atoms with Gasteiger partial charge in [0.2, 0.25) is 5.91 Å². The molecule has 0 aromatic heterocycles. The molecular formula is C26H24Cl3N3O5S. The van der Waals surface area contributed by atoms with Crippen LogP contribution >= 0.6 is 46.6 Å². The van der Waals surface area contributed by atoms with Gasteiger partial charge in [-0.2, -0.15) is 0 Å². The molecule has 4 rings (SSSR count). The average Bonchev–Trinajstić information content (AvgIpc) is 2.93. The zero-order valence-corrected chi connectivity index (χ0v) is 23.3. The number of hydrogen-bond donors (Lipinski definition) is 2.